The molecule has 0 amide bonds. The number of hydrogen-bond acceptors (Lipinski definition) is 3. The lowest BCUT2D eigenvalue weighted by Crippen LogP contribution is -2.33. The summed E-state index contributed by atoms with van der Waals surface area (Å²) in [5.74, 6) is 0.933. The summed E-state index contributed by atoms with van der Waals surface area (Å²) in [6, 6.07) is 4.23. The van der Waals surface area contributed by atoms with Crippen LogP contribution in [0.15, 0.2) is 18.3 Å². The molecular weight excluding hydrogens is 222 g/mol. The van der Waals surface area contributed by atoms with Gasteiger partial charge in [0.25, 0.3) is 0 Å². The minimum atomic E-state index is 0.0225. The fraction of sp³-hybridized carbons (Fsp3) is 0.667. The van der Waals surface area contributed by atoms with Gasteiger partial charge in [0, 0.05) is 19.1 Å². The molecule has 0 radical (unpaired) electrons. The van der Waals surface area contributed by atoms with E-state index in [9.17, 15) is 0 Å². The third-order valence-electron chi connectivity index (χ3n) is 3.91. The van der Waals surface area contributed by atoms with E-state index in [4.69, 9.17) is 5.73 Å². The molecule has 1 unspecified atom stereocenters. The Labute approximate surface area is 110 Å². The van der Waals surface area contributed by atoms with Crippen LogP contribution in [0.3, 0.4) is 0 Å². The first-order valence-corrected chi connectivity index (χ1v) is 7.17. The van der Waals surface area contributed by atoms with Gasteiger partial charge in [0.15, 0.2) is 0 Å². The molecule has 0 aliphatic carbocycles. The molecule has 1 aliphatic heterocycles. The van der Waals surface area contributed by atoms with Gasteiger partial charge in [-0.15, -0.1) is 0 Å². The number of nitrogens with two attached hydrogens (primary N) is 1. The second kappa shape index (κ2) is 6.19. The van der Waals surface area contributed by atoms with Crippen LogP contribution in [0.4, 0.5) is 5.69 Å². The van der Waals surface area contributed by atoms with Gasteiger partial charge in [-0.1, -0.05) is 19.8 Å². The average molecular weight is 247 g/mol. The predicted octanol–water partition coefficient (Wildman–Crippen LogP) is 3.12. The Morgan fingerprint density at radius 3 is 2.61 bits per heavy atom. The summed E-state index contributed by atoms with van der Waals surface area (Å²) in [6.07, 6.45) is 7.32. The highest BCUT2D eigenvalue weighted by molar-refractivity contribution is 5.45. The molecule has 1 fully saturated rings. The summed E-state index contributed by atoms with van der Waals surface area (Å²) in [5.41, 5.74) is 8.03. The average Bonchev–Trinajstić information content (AvgIpc) is 2.40. The van der Waals surface area contributed by atoms with E-state index in [1.807, 2.05) is 13.1 Å². The molecule has 1 aromatic heterocycles. The molecule has 18 heavy (non-hydrogen) atoms. The van der Waals surface area contributed by atoms with Crippen molar-refractivity contribution in [3.8, 4) is 0 Å². The van der Waals surface area contributed by atoms with Crippen LogP contribution in [0.5, 0.6) is 0 Å². The standard InChI is InChI=1S/C15H25N3/c1-3-4-13-7-9-18(10-8-13)14-5-6-15(12(2)16)17-11-14/h5-6,11-13H,3-4,7-10,16H2,1-2H3. The van der Waals surface area contributed by atoms with Crippen LogP contribution >= 0.6 is 0 Å². The van der Waals surface area contributed by atoms with Crippen LogP contribution in [-0.4, -0.2) is 18.1 Å². The highest BCUT2D eigenvalue weighted by Crippen LogP contribution is 2.25. The Kier molecular flexibility index (Phi) is 4.59. The third kappa shape index (κ3) is 3.22. The SMILES string of the molecule is CCCC1CCN(c2ccc(C(C)N)nc2)CC1. The van der Waals surface area contributed by atoms with E-state index in [1.54, 1.807) is 0 Å². The molecule has 0 saturated carbocycles. The molecule has 3 nitrogen and oxygen atoms in total. The summed E-state index contributed by atoms with van der Waals surface area (Å²) in [5, 5.41) is 0. The first-order chi connectivity index (χ1) is 8.70. The maximum Gasteiger partial charge on any atom is 0.0569 e. The van der Waals surface area contributed by atoms with Gasteiger partial charge in [0.05, 0.1) is 17.6 Å². The molecule has 2 rings (SSSR count). The molecule has 100 valence electrons. The Morgan fingerprint density at radius 1 is 1.39 bits per heavy atom. The van der Waals surface area contributed by atoms with E-state index in [2.05, 4.69) is 28.9 Å². The molecule has 1 atom stereocenters. The highest BCUT2D eigenvalue weighted by atomic mass is 15.1. The Balaban J connectivity index is 1.93. The fourth-order valence-electron chi connectivity index (χ4n) is 2.74. The van der Waals surface area contributed by atoms with E-state index in [0.29, 0.717) is 0 Å². The summed E-state index contributed by atoms with van der Waals surface area (Å²) in [6.45, 7) is 6.59. The molecule has 1 saturated heterocycles. The lowest BCUT2D eigenvalue weighted by atomic mass is 9.92. The fourth-order valence-corrected chi connectivity index (χ4v) is 2.74. The molecule has 1 aliphatic rings. The smallest absolute Gasteiger partial charge is 0.0569 e. The zero-order chi connectivity index (χ0) is 13.0. The molecule has 0 spiro atoms. The summed E-state index contributed by atoms with van der Waals surface area (Å²) < 4.78 is 0. The number of rotatable bonds is 4. The normalized spacial score (nSPS) is 18.9. The van der Waals surface area contributed by atoms with Gasteiger partial charge >= 0.3 is 0 Å². The number of aromatic nitrogens is 1. The van der Waals surface area contributed by atoms with Crippen LogP contribution in [0.25, 0.3) is 0 Å². The van der Waals surface area contributed by atoms with Gasteiger partial charge in [0.1, 0.15) is 0 Å². The first-order valence-electron chi connectivity index (χ1n) is 7.17. The minimum absolute atomic E-state index is 0.0225. The zero-order valence-corrected chi connectivity index (χ0v) is 11.6. The van der Waals surface area contributed by atoms with Crippen molar-refractivity contribution in [3.05, 3.63) is 24.0 Å². The van der Waals surface area contributed by atoms with Gasteiger partial charge < -0.3 is 10.6 Å². The second-order valence-corrected chi connectivity index (χ2v) is 5.45. The zero-order valence-electron chi connectivity index (χ0n) is 11.6. The lowest BCUT2D eigenvalue weighted by Gasteiger charge is -2.33. The van der Waals surface area contributed by atoms with Crippen molar-refractivity contribution >= 4 is 5.69 Å². The van der Waals surface area contributed by atoms with Crippen molar-refractivity contribution in [2.45, 2.75) is 45.6 Å². The molecule has 0 bridgehead atoms. The minimum Gasteiger partial charge on any atom is -0.370 e. The van der Waals surface area contributed by atoms with Gasteiger partial charge in [-0.3, -0.25) is 4.98 Å². The van der Waals surface area contributed by atoms with E-state index < -0.39 is 0 Å². The third-order valence-corrected chi connectivity index (χ3v) is 3.91. The maximum atomic E-state index is 5.82. The van der Waals surface area contributed by atoms with Crippen molar-refractivity contribution in [2.24, 2.45) is 11.7 Å². The van der Waals surface area contributed by atoms with Gasteiger partial charge in [0.2, 0.25) is 0 Å². The van der Waals surface area contributed by atoms with E-state index in [-0.39, 0.29) is 6.04 Å². The summed E-state index contributed by atoms with van der Waals surface area (Å²) >= 11 is 0. The van der Waals surface area contributed by atoms with E-state index in [0.717, 1.165) is 11.6 Å². The van der Waals surface area contributed by atoms with Gasteiger partial charge in [-0.25, -0.2) is 0 Å². The lowest BCUT2D eigenvalue weighted by molar-refractivity contribution is 0.378. The quantitative estimate of drug-likeness (QED) is 0.889. The highest BCUT2D eigenvalue weighted by Gasteiger charge is 2.18. The summed E-state index contributed by atoms with van der Waals surface area (Å²) in [7, 11) is 0. The van der Waals surface area contributed by atoms with Crippen molar-refractivity contribution < 1.29 is 0 Å². The monoisotopic (exact) mass is 247 g/mol. The molecule has 1 aromatic rings. The molecule has 0 aromatic carbocycles. The molecule has 2 heterocycles. The van der Waals surface area contributed by atoms with Crippen LogP contribution in [0, 0.1) is 5.92 Å². The second-order valence-electron chi connectivity index (χ2n) is 5.45. The van der Waals surface area contributed by atoms with Crippen LogP contribution in [-0.2, 0) is 0 Å². The maximum absolute atomic E-state index is 5.82. The number of hydrogen-bond donors (Lipinski definition) is 1. The predicted molar refractivity (Wildman–Crippen MR) is 76.7 cm³/mol. The van der Waals surface area contributed by atoms with Crippen molar-refractivity contribution in [1.82, 2.24) is 4.98 Å². The largest absolute Gasteiger partial charge is 0.370 e. The number of anilines is 1. The van der Waals surface area contributed by atoms with Crippen LogP contribution in [0.2, 0.25) is 0 Å². The Bertz CT molecular complexity index is 351. The van der Waals surface area contributed by atoms with Crippen molar-refractivity contribution in [2.75, 3.05) is 18.0 Å². The van der Waals surface area contributed by atoms with Crippen molar-refractivity contribution in [3.63, 3.8) is 0 Å². The summed E-state index contributed by atoms with van der Waals surface area (Å²) in [4.78, 5) is 6.89. The Hall–Kier alpha value is -1.09. The molecule has 2 N–H and O–H groups in total. The number of nitrogens with zero attached hydrogens (tertiary/aromatic N) is 2. The van der Waals surface area contributed by atoms with Gasteiger partial charge in [-0.2, -0.15) is 0 Å². The van der Waals surface area contributed by atoms with Gasteiger partial charge in [-0.05, 0) is 37.8 Å². The topological polar surface area (TPSA) is 42.1 Å². The molecule has 3 heteroatoms. The molecular formula is C15H25N3. The first kappa shape index (κ1) is 13.3. The van der Waals surface area contributed by atoms with E-state index >= 15 is 0 Å². The van der Waals surface area contributed by atoms with Crippen LogP contribution in [0.1, 0.15) is 51.3 Å². The number of piperidine rings is 1. The van der Waals surface area contributed by atoms with E-state index in [1.165, 1.54) is 44.5 Å². The van der Waals surface area contributed by atoms with Crippen molar-refractivity contribution in [1.29, 1.82) is 0 Å². The Morgan fingerprint density at radius 2 is 2.11 bits per heavy atom. The van der Waals surface area contributed by atoms with Crippen LogP contribution < -0.4 is 10.6 Å². The number of pyridine rings is 1.